The fourth-order valence-electron chi connectivity index (χ4n) is 7.30. The van der Waals surface area contributed by atoms with Gasteiger partial charge in [-0.05, 0) is 43.2 Å². The molecule has 0 aliphatic carbocycles. The smallest absolute Gasteiger partial charge is 0.378 e. The zero-order valence-corrected chi connectivity index (χ0v) is 30.5. The lowest BCUT2D eigenvalue weighted by Gasteiger charge is -2.42. The molecule has 0 radical (unpaired) electrons. The molecule has 0 spiro atoms. The number of hydrogen-bond acceptors (Lipinski definition) is 9. The summed E-state index contributed by atoms with van der Waals surface area (Å²) >= 11 is 0. The van der Waals surface area contributed by atoms with Gasteiger partial charge in [0.25, 0.3) is 11.8 Å². The van der Waals surface area contributed by atoms with Crippen LogP contribution in [0.25, 0.3) is 5.69 Å². The van der Waals surface area contributed by atoms with E-state index < -0.39 is 41.5 Å². The van der Waals surface area contributed by atoms with Crippen molar-refractivity contribution in [2.75, 3.05) is 57.4 Å². The quantitative estimate of drug-likeness (QED) is 0.220. The van der Waals surface area contributed by atoms with Gasteiger partial charge in [0.15, 0.2) is 0 Å². The number of allylic oxidation sites excluding steroid dienone is 1. The third-order valence-electron chi connectivity index (χ3n) is 10.3. The topological polar surface area (TPSA) is 138 Å². The van der Waals surface area contributed by atoms with Gasteiger partial charge in [-0.15, -0.1) is 0 Å². The molecule has 0 unspecified atom stereocenters. The normalized spacial score (nSPS) is 19.8. The molecular formula is C39H42F3N9O4. The maximum absolute atomic E-state index is 14.4. The highest BCUT2D eigenvalue weighted by Gasteiger charge is 2.45. The number of amides is 3. The molecule has 0 bridgehead atoms. The molecule has 7 rings (SSSR count). The lowest BCUT2D eigenvalue weighted by Crippen LogP contribution is -2.56. The van der Waals surface area contributed by atoms with Crippen LogP contribution in [0.3, 0.4) is 0 Å². The van der Waals surface area contributed by atoms with Gasteiger partial charge in [-0.2, -0.15) is 18.3 Å². The molecule has 288 valence electrons. The van der Waals surface area contributed by atoms with Gasteiger partial charge in [0.05, 0.1) is 31.1 Å². The minimum atomic E-state index is -4.80. The highest BCUT2D eigenvalue weighted by atomic mass is 19.4. The standard InChI is InChI=1S/C39H42F3N9O4/c1-3-26(22-48-15-17-49(18-16-48)29-23-55-24-29)35(52)44-20-25-9-8-10-27(19-25)32-30-21-45-51(28-11-6-5-7-12-28)37(30)50(4-2)38(54)33(32)47-36(53)34-43-14-13-31(46-34)39(40,41)42/h3,5-14,19,21,29,32-33H,4,15-18,20,22-24H2,1-2H3,(H,44,52)(H,47,53)/b26-3-/t32-,33+/m1/s1. The third-order valence-corrected chi connectivity index (χ3v) is 10.3. The van der Waals surface area contributed by atoms with Gasteiger partial charge in [0, 0.05) is 69.1 Å². The number of ether oxygens (including phenoxy) is 1. The summed E-state index contributed by atoms with van der Waals surface area (Å²) in [5.41, 5.74) is 2.07. The van der Waals surface area contributed by atoms with E-state index in [-0.39, 0.29) is 19.0 Å². The molecule has 5 heterocycles. The number of rotatable bonds is 11. The maximum atomic E-state index is 14.4. The van der Waals surface area contributed by atoms with Gasteiger partial charge in [-0.3, -0.25) is 29.1 Å². The van der Waals surface area contributed by atoms with E-state index in [9.17, 15) is 27.6 Å². The lowest BCUT2D eigenvalue weighted by molar-refractivity contribution is -0.141. The minimum absolute atomic E-state index is 0.187. The lowest BCUT2D eigenvalue weighted by atomic mass is 9.82. The third kappa shape index (κ3) is 8.02. The largest absolute Gasteiger partial charge is 0.433 e. The Morgan fingerprint density at radius 1 is 1.02 bits per heavy atom. The van der Waals surface area contributed by atoms with Crippen LogP contribution in [0.1, 0.15) is 52.8 Å². The van der Waals surface area contributed by atoms with E-state index in [0.717, 1.165) is 51.2 Å². The number of alkyl halides is 3. The first-order valence-corrected chi connectivity index (χ1v) is 18.3. The number of likely N-dealkylation sites (N-methyl/N-ethyl adjacent to an activating group) is 1. The van der Waals surface area contributed by atoms with Crippen LogP contribution in [-0.2, 0) is 27.0 Å². The summed E-state index contributed by atoms with van der Waals surface area (Å²) < 4.78 is 47.4. The first-order valence-electron chi connectivity index (χ1n) is 18.3. The van der Waals surface area contributed by atoms with Crippen molar-refractivity contribution < 1.29 is 32.3 Å². The van der Waals surface area contributed by atoms with Crippen LogP contribution in [0.2, 0.25) is 0 Å². The predicted molar refractivity (Wildman–Crippen MR) is 196 cm³/mol. The number of aromatic nitrogens is 4. The molecule has 3 aliphatic rings. The molecule has 3 aliphatic heterocycles. The summed E-state index contributed by atoms with van der Waals surface area (Å²) in [4.78, 5) is 54.8. The van der Waals surface area contributed by atoms with Gasteiger partial charge in [0.1, 0.15) is 17.6 Å². The summed E-state index contributed by atoms with van der Waals surface area (Å²) in [5.74, 6) is -2.75. The van der Waals surface area contributed by atoms with Crippen molar-refractivity contribution in [1.82, 2.24) is 40.2 Å². The second kappa shape index (κ2) is 16.1. The Bertz CT molecular complexity index is 2060. The Labute approximate surface area is 316 Å². The van der Waals surface area contributed by atoms with Crippen molar-refractivity contribution >= 4 is 23.5 Å². The molecule has 2 atom stereocenters. The van der Waals surface area contributed by atoms with E-state index in [1.165, 1.54) is 4.90 Å². The summed E-state index contributed by atoms with van der Waals surface area (Å²) in [7, 11) is 0. The Morgan fingerprint density at radius 3 is 2.45 bits per heavy atom. The Balaban J connectivity index is 1.14. The van der Waals surface area contributed by atoms with Gasteiger partial charge >= 0.3 is 6.18 Å². The van der Waals surface area contributed by atoms with Gasteiger partial charge < -0.3 is 15.4 Å². The number of para-hydroxylation sites is 1. The number of benzene rings is 2. The van der Waals surface area contributed by atoms with Gasteiger partial charge in [-0.25, -0.2) is 14.6 Å². The molecule has 2 aromatic carbocycles. The van der Waals surface area contributed by atoms with Crippen molar-refractivity contribution in [3.63, 3.8) is 0 Å². The minimum Gasteiger partial charge on any atom is -0.378 e. The number of carbonyl (C=O) groups excluding carboxylic acids is 3. The van der Waals surface area contributed by atoms with Crippen molar-refractivity contribution in [2.45, 2.75) is 44.6 Å². The molecular weight excluding hydrogens is 715 g/mol. The number of carbonyl (C=O) groups is 3. The van der Waals surface area contributed by atoms with Crippen LogP contribution in [-0.4, -0.2) is 112 Å². The van der Waals surface area contributed by atoms with Gasteiger partial charge in [-0.1, -0.05) is 48.5 Å². The number of hydrogen-bond donors (Lipinski definition) is 2. The van der Waals surface area contributed by atoms with Gasteiger partial charge in [0.2, 0.25) is 11.7 Å². The Kier molecular flexibility index (Phi) is 11.1. The molecule has 16 heteroatoms. The monoisotopic (exact) mass is 757 g/mol. The van der Waals surface area contributed by atoms with E-state index >= 15 is 0 Å². The number of anilines is 1. The summed E-state index contributed by atoms with van der Waals surface area (Å²) in [6.07, 6.45) is -0.480. The van der Waals surface area contributed by atoms with Crippen molar-refractivity contribution in [1.29, 1.82) is 0 Å². The molecule has 2 saturated heterocycles. The van der Waals surface area contributed by atoms with E-state index in [4.69, 9.17) is 4.74 Å². The maximum Gasteiger partial charge on any atom is 0.433 e. The first-order chi connectivity index (χ1) is 26.5. The van der Waals surface area contributed by atoms with Crippen LogP contribution in [0.5, 0.6) is 0 Å². The summed E-state index contributed by atoms with van der Waals surface area (Å²) in [6.45, 7) is 9.70. The zero-order valence-electron chi connectivity index (χ0n) is 30.5. The highest BCUT2D eigenvalue weighted by molar-refractivity contribution is 6.04. The Morgan fingerprint density at radius 2 is 1.78 bits per heavy atom. The first kappa shape index (κ1) is 37.8. The second-order valence-corrected chi connectivity index (χ2v) is 13.7. The summed E-state index contributed by atoms with van der Waals surface area (Å²) in [6, 6.07) is 16.5. The molecule has 2 N–H and O–H groups in total. The second-order valence-electron chi connectivity index (χ2n) is 13.7. The molecule has 2 fully saturated rings. The molecule has 3 amide bonds. The number of nitrogens with zero attached hydrogens (tertiary/aromatic N) is 7. The van der Waals surface area contributed by atoms with Crippen LogP contribution in [0, 0.1) is 0 Å². The highest BCUT2D eigenvalue weighted by Crippen LogP contribution is 2.41. The fourth-order valence-corrected chi connectivity index (χ4v) is 7.30. The van der Waals surface area contributed by atoms with E-state index in [0.29, 0.717) is 46.9 Å². The summed E-state index contributed by atoms with van der Waals surface area (Å²) in [5, 5.41) is 10.3. The SMILES string of the molecule is C/C=C(/CN1CCN(C2COC2)CC1)C(=O)NCc1cccc([C@@H]2c3cnn(-c4ccccc4)c3N(CC)C(=O)[C@H]2NC(=O)c2nccc(C(F)(F)F)n2)c1. The van der Waals surface area contributed by atoms with Crippen molar-refractivity contribution in [2.24, 2.45) is 0 Å². The number of piperazine rings is 1. The van der Waals surface area contributed by atoms with Crippen molar-refractivity contribution in [3.05, 3.63) is 113 Å². The number of fused-ring (bicyclic) bond motifs is 1. The predicted octanol–water partition coefficient (Wildman–Crippen LogP) is 3.56. The van der Waals surface area contributed by atoms with Crippen LogP contribution in [0.4, 0.5) is 19.0 Å². The molecule has 13 nitrogen and oxygen atoms in total. The van der Waals surface area contributed by atoms with E-state index in [1.807, 2.05) is 55.5 Å². The zero-order chi connectivity index (χ0) is 38.7. The van der Waals surface area contributed by atoms with E-state index in [1.54, 1.807) is 29.9 Å². The molecule has 0 saturated carbocycles. The Hall–Kier alpha value is -5.45. The fraction of sp³-hybridized carbons (Fsp3) is 0.385. The van der Waals surface area contributed by atoms with E-state index in [2.05, 4.69) is 35.5 Å². The van der Waals surface area contributed by atoms with Crippen LogP contribution < -0.4 is 15.5 Å². The molecule has 55 heavy (non-hydrogen) atoms. The molecule has 2 aromatic heterocycles. The number of nitrogens with one attached hydrogen (secondary N) is 2. The molecule has 4 aromatic rings. The average Bonchev–Trinajstić information content (AvgIpc) is 3.61. The average molecular weight is 758 g/mol. The van der Waals surface area contributed by atoms with Crippen LogP contribution in [0.15, 0.2) is 84.7 Å². The van der Waals surface area contributed by atoms with Crippen LogP contribution >= 0.6 is 0 Å². The number of halogens is 3. The van der Waals surface area contributed by atoms with Crippen molar-refractivity contribution in [3.8, 4) is 5.69 Å².